The molecule has 2 fully saturated rings. The van der Waals surface area contributed by atoms with Gasteiger partial charge in [-0.1, -0.05) is 0 Å². The van der Waals surface area contributed by atoms with E-state index in [0.717, 1.165) is 29.0 Å². The minimum absolute atomic E-state index is 0.0886. The molecule has 4 heterocycles. The number of rotatable bonds is 7. The van der Waals surface area contributed by atoms with E-state index in [9.17, 15) is 23.1 Å². The Labute approximate surface area is 236 Å². The number of aliphatic hydroxyl groups is 1. The summed E-state index contributed by atoms with van der Waals surface area (Å²) in [4.78, 5) is 28.5. The smallest absolute Gasteiger partial charge is 0.389 e. The van der Waals surface area contributed by atoms with E-state index in [1.54, 1.807) is 25.2 Å². The summed E-state index contributed by atoms with van der Waals surface area (Å²) in [5, 5.41) is 12.6. The average Bonchev–Trinajstić information content (AvgIpc) is 2.91. The van der Waals surface area contributed by atoms with Crippen LogP contribution in [0, 0.1) is 6.92 Å². The number of aliphatic hydroxyl groups excluding tert-OH is 1. The van der Waals surface area contributed by atoms with Crippen molar-refractivity contribution in [2.45, 2.75) is 25.7 Å². The van der Waals surface area contributed by atoms with Gasteiger partial charge in [0.15, 0.2) is 5.82 Å². The van der Waals surface area contributed by atoms with E-state index < -0.39 is 17.6 Å². The van der Waals surface area contributed by atoms with E-state index in [-0.39, 0.29) is 18.2 Å². The molecule has 2 aliphatic rings. The number of carbonyl (C=O) groups is 1. The van der Waals surface area contributed by atoms with Crippen LogP contribution >= 0.6 is 0 Å². The first kappa shape index (κ1) is 28.8. The molecule has 3 aromatic rings. The van der Waals surface area contributed by atoms with Crippen molar-refractivity contribution in [2.75, 3.05) is 68.6 Å². The van der Waals surface area contributed by atoms with Crippen LogP contribution < -0.4 is 15.1 Å². The Hall–Kier alpha value is -3.74. The number of halogens is 3. The van der Waals surface area contributed by atoms with Gasteiger partial charge in [0, 0.05) is 55.7 Å². The molecule has 5 rings (SSSR count). The third kappa shape index (κ3) is 6.61. The molecule has 0 saturated carbocycles. The van der Waals surface area contributed by atoms with Gasteiger partial charge in [-0.05, 0) is 68.5 Å². The van der Waals surface area contributed by atoms with E-state index in [2.05, 4.69) is 10.3 Å². The molecule has 0 unspecified atom stereocenters. The molecule has 0 bridgehead atoms. The fourth-order valence-corrected chi connectivity index (χ4v) is 5.03. The molecule has 0 spiro atoms. The highest BCUT2D eigenvalue weighted by molar-refractivity contribution is 6.06. The fourth-order valence-electron chi connectivity index (χ4n) is 5.03. The van der Waals surface area contributed by atoms with Gasteiger partial charge in [0.1, 0.15) is 5.82 Å². The lowest BCUT2D eigenvalue weighted by Crippen LogP contribution is -2.51. The molecule has 9 nitrogen and oxygen atoms in total. The number of pyridine rings is 2. The third-order valence-corrected chi connectivity index (χ3v) is 7.08. The Balaban J connectivity index is 1.53. The number of morpholine rings is 1. The van der Waals surface area contributed by atoms with Gasteiger partial charge in [-0.25, -0.2) is 9.97 Å². The van der Waals surface area contributed by atoms with Gasteiger partial charge in [0.2, 0.25) is 0 Å². The highest BCUT2D eigenvalue weighted by Crippen LogP contribution is 2.35. The number of aryl methyl sites for hydroxylation is 1. The number of amides is 1. The maximum absolute atomic E-state index is 13.7. The van der Waals surface area contributed by atoms with E-state index in [1.807, 2.05) is 34.9 Å². The number of hydrogen-bond acceptors (Lipinski definition) is 8. The minimum atomic E-state index is -4.60. The first-order valence-corrected chi connectivity index (χ1v) is 13.4. The predicted octanol–water partition coefficient (Wildman–Crippen LogP) is 3.80. The number of anilines is 3. The number of β-amino-alcohol motifs (C(OH)–C–C–N with tert-alkyl or cyclic N) is 1. The summed E-state index contributed by atoms with van der Waals surface area (Å²) in [6, 6.07) is 8.98. The molecule has 2 N–H and O–H groups in total. The van der Waals surface area contributed by atoms with Crippen molar-refractivity contribution in [3.63, 3.8) is 0 Å². The lowest BCUT2D eigenvalue weighted by atomic mass is 10.0. The Morgan fingerprint density at radius 3 is 2.51 bits per heavy atom. The molecule has 0 atom stereocenters. The van der Waals surface area contributed by atoms with Gasteiger partial charge in [0.25, 0.3) is 5.91 Å². The average molecular weight is 571 g/mol. The maximum Gasteiger partial charge on any atom is 0.416 e. The van der Waals surface area contributed by atoms with Gasteiger partial charge >= 0.3 is 6.18 Å². The van der Waals surface area contributed by atoms with Crippen molar-refractivity contribution in [3.05, 3.63) is 65.0 Å². The molecule has 41 heavy (non-hydrogen) atoms. The summed E-state index contributed by atoms with van der Waals surface area (Å²) < 4.78 is 46.6. The molecule has 2 aromatic heterocycles. The van der Waals surface area contributed by atoms with Gasteiger partial charge in [0.05, 0.1) is 30.6 Å². The van der Waals surface area contributed by atoms with Crippen LogP contribution in [0.1, 0.15) is 27.2 Å². The van der Waals surface area contributed by atoms with Crippen molar-refractivity contribution >= 4 is 23.2 Å². The lowest BCUT2D eigenvalue weighted by molar-refractivity contribution is -0.137. The molecule has 12 heteroatoms. The number of aromatic nitrogens is 2. The molecule has 218 valence electrons. The van der Waals surface area contributed by atoms with Crippen LogP contribution in [-0.4, -0.2) is 85.5 Å². The highest BCUT2D eigenvalue weighted by atomic mass is 19.4. The summed E-state index contributed by atoms with van der Waals surface area (Å²) in [7, 11) is 3.51. The number of benzene rings is 1. The fraction of sp³-hybridized carbons (Fsp3) is 0.414. The van der Waals surface area contributed by atoms with Crippen molar-refractivity contribution in [1.82, 2.24) is 14.9 Å². The minimum Gasteiger partial charge on any atom is -0.389 e. The first-order valence-electron chi connectivity index (χ1n) is 13.4. The number of nitrogens with one attached hydrogen (secondary N) is 1. The van der Waals surface area contributed by atoms with Crippen molar-refractivity contribution in [3.8, 4) is 11.1 Å². The summed E-state index contributed by atoms with van der Waals surface area (Å²) >= 11 is 0. The summed E-state index contributed by atoms with van der Waals surface area (Å²) in [6.07, 6.45) is -3.30. The number of alkyl halides is 3. The van der Waals surface area contributed by atoms with Gasteiger partial charge in [-0.2, -0.15) is 13.2 Å². The molecule has 2 saturated heterocycles. The first-order chi connectivity index (χ1) is 19.5. The standard InChI is InChI=1S/C29H33F3N6O3/c1-18-24(20-4-5-33-26(13-20)38-16-23(39)17-38)14-25(27(34-18)37-6-8-41-9-7-37)35-28(40)21-10-19(15-36(2)3)11-22(12-21)29(30,31)32/h4-5,10-14,23,39H,6-9,15-17H2,1-3H3,(H,35,40). The normalized spacial score (nSPS) is 16.2. The predicted molar refractivity (Wildman–Crippen MR) is 150 cm³/mol. The zero-order valence-corrected chi connectivity index (χ0v) is 23.2. The van der Waals surface area contributed by atoms with Gasteiger partial charge in [-0.15, -0.1) is 0 Å². The van der Waals surface area contributed by atoms with Crippen molar-refractivity contribution < 1.29 is 27.8 Å². The van der Waals surface area contributed by atoms with E-state index in [1.165, 1.54) is 6.07 Å². The largest absolute Gasteiger partial charge is 0.416 e. The Kier molecular flexibility index (Phi) is 8.16. The molecule has 0 aliphatic carbocycles. The van der Waals surface area contributed by atoms with Crippen LogP contribution in [0.2, 0.25) is 0 Å². The zero-order chi connectivity index (χ0) is 29.3. The number of hydrogen-bond donors (Lipinski definition) is 2. The number of ether oxygens (including phenoxy) is 1. The Morgan fingerprint density at radius 1 is 1.12 bits per heavy atom. The summed E-state index contributed by atoms with van der Waals surface area (Å²) in [6.45, 7) is 5.22. The lowest BCUT2D eigenvalue weighted by Gasteiger charge is -2.37. The van der Waals surface area contributed by atoms with Gasteiger partial charge < -0.3 is 29.9 Å². The van der Waals surface area contributed by atoms with E-state index in [0.29, 0.717) is 62.3 Å². The van der Waals surface area contributed by atoms with Gasteiger partial charge in [-0.3, -0.25) is 4.79 Å². The van der Waals surface area contributed by atoms with Crippen LogP contribution in [-0.2, 0) is 17.5 Å². The quantitative estimate of drug-likeness (QED) is 0.443. The summed E-state index contributed by atoms with van der Waals surface area (Å²) in [5.74, 6) is 0.586. The van der Waals surface area contributed by atoms with Crippen molar-refractivity contribution in [2.24, 2.45) is 0 Å². The molecular weight excluding hydrogens is 537 g/mol. The van der Waals surface area contributed by atoms with E-state index >= 15 is 0 Å². The van der Waals surface area contributed by atoms with Crippen LogP contribution in [0.4, 0.5) is 30.5 Å². The Morgan fingerprint density at radius 2 is 1.85 bits per heavy atom. The monoisotopic (exact) mass is 570 g/mol. The second kappa shape index (κ2) is 11.6. The van der Waals surface area contributed by atoms with Crippen LogP contribution in [0.15, 0.2) is 42.6 Å². The van der Waals surface area contributed by atoms with Crippen molar-refractivity contribution in [1.29, 1.82) is 0 Å². The third-order valence-electron chi connectivity index (χ3n) is 7.08. The zero-order valence-electron chi connectivity index (χ0n) is 23.2. The molecular formula is C29H33F3N6O3. The topological polar surface area (TPSA) is 94.1 Å². The second-order valence-electron chi connectivity index (χ2n) is 10.7. The maximum atomic E-state index is 13.7. The van der Waals surface area contributed by atoms with Crippen LogP contribution in [0.3, 0.4) is 0 Å². The number of carbonyl (C=O) groups excluding carboxylic acids is 1. The highest BCUT2D eigenvalue weighted by Gasteiger charge is 2.32. The SMILES string of the molecule is Cc1nc(N2CCOCC2)c(NC(=O)c2cc(CN(C)C)cc(C(F)(F)F)c2)cc1-c1ccnc(N2CC(O)C2)c1. The number of nitrogens with zero attached hydrogens (tertiary/aromatic N) is 5. The summed E-state index contributed by atoms with van der Waals surface area (Å²) in [5.41, 5.74) is 2.09. The molecule has 1 aromatic carbocycles. The van der Waals surface area contributed by atoms with Crippen LogP contribution in [0.5, 0.6) is 0 Å². The second-order valence-corrected chi connectivity index (χ2v) is 10.7. The molecule has 1 amide bonds. The molecule has 0 radical (unpaired) electrons. The van der Waals surface area contributed by atoms with E-state index in [4.69, 9.17) is 9.72 Å². The molecule has 2 aliphatic heterocycles. The Bertz CT molecular complexity index is 1420. The van der Waals surface area contributed by atoms with Crippen LogP contribution in [0.25, 0.3) is 11.1 Å².